The smallest absolute Gasteiger partial charge is 0.244 e. The molecule has 132 valence electrons. The zero-order valence-electron chi connectivity index (χ0n) is 14.8. The molecule has 0 aliphatic carbocycles. The van der Waals surface area contributed by atoms with Crippen molar-refractivity contribution in [3.8, 4) is 11.5 Å². The van der Waals surface area contributed by atoms with Gasteiger partial charge in [0.1, 0.15) is 6.04 Å². The highest BCUT2D eigenvalue weighted by atomic mass is 16.7. The molecule has 0 fully saturated rings. The highest BCUT2D eigenvalue weighted by molar-refractivity contribution is 5.87. The number of fused-ring (bicyclic) bond motifs is 1. The van der Waals surface area contributed by atoms with E-state index in [9.17, 15) is 9.59 Å². The van der Waals surface area contributed by atoms with Crippen molar-refractivity contribution in [2.75, 3.05) is 20.9 Å². The highest BCUT2D eigenvalue weighted by Gasteiger charge is 2.23. The van der Waals surface area contributed by atoms with Crippen molar-refractivity contribution in [1.82, 2.24) is 10.2 Å². The van der Waals surface area contributed by atoms with Crippen molar-refractivity contribution >= 4 is 11.8 Å². The number of rotatable bonds is 7. The van der Waals surface area contributed by atoms with Crippen LogP contribution in [0.1, 0.15) is 32.3 Å². The van der Waals surface area contributed by atoms with Gasteiger partial charge in [0.15, 0.2) is 11.5 Å². The Balaban J connectivity index is 1.89. The second kappa shape index (κ2) is 8.04. The van der Waals surface area contributed by atoms with Crippen molar-refractivity contribution in [2.45, 2.75) is 39.2 Å². The number of hydrogen-bond donors (Lipinski definition) is 1. The highest BCUT2D eigenvalue weighted by Crippen LogP contribution is 2.32. The number of ether oxygens (including phenoxy) is 2. The van der Waals surface area contributed by atoms with Crippen molar-refractivity contribution in [1.29, 1.82) is 0 Å². The lowest BCUT2D eigenvalue weighted by atomic mass is 10.0. The molecule has 1 heterocycles. The van der Waals surface area contributed by atoms with Crippen LogP contribution in [0, 0.1) is 5.92 Å². The topological polar surface area (TPSA) is 67.9 Å². The second-order valence-corrected chi connectivity index (χ2v) is 6.67. The standard InChI is InChI=1S/C18H26N2O4/c1-12(2)9-14(18(22)20(3)4)19-17(21)8-6-13-5-7-15-16(10-13)24-11-23-15/h5,7,10,12,14H,6,8-9,11H2,1-4H3,(H,19,21)/t14-/m1/s1. The summed E-state index contributed by atoms with van der Waals surface area (Å²) in [5.41, 5.74) is 1.01. The molecule has 0 saturated carbocycles. The Morgan fingerprint density at radius 2 is 1.92 bits per heavy atom. The number of benzene rings is 1. The SMILES string of the molecule is CC(C)C[C@@H](NC(=O)CCc1ccc2c(c1)OCO2)C(=O)N(C)C. The number of aryl methyl sites for hydroxylation is 1. The van der Waals surface area contributed by atoms with Crippen molar-refractivity contribution in [2.24, 2.45) is 5.92 Å². The van der Waals surface area contributed by atoms with Gasteiger partial charge in [-0.2, -0.15) is 0 Å². The fraction of sp³-hybridized carbons (Fsp3) is 0.556. The van der Waals surface area contributed by atoms with Crippen molar-refractivity contribution < 1.29 is 19.1 Å². The van der Waals surface area contributed by atoms with E-state index in [2.05, 4.69) is 5.32 Å². The van der Waals surface area contributed by atoms with Gasteiger partial charge in [0.05, 0.1) is 0 Å². The zero-order valence-corrected chi connectivity index (χ0v) is 14.8. The molecule has 2 amide bonds. The quantitative estimate of drug-likeness (QED) is 0.828. The Morgan fingerprint density at radius 1 is 1.21 bits per heavy atom. The molecular weight excluding hydrogens is 308 g/mol. The number of hydrogen-bond acceptors (Lipinski definition) is 4. The van der Waals surface area contributed by atoms with Gasteiger partial charge in [0.25, 0.3) is 0 Å². The molecule has 2 rings (SSSR count). The van der Waals surface area contributed by atoms with Crippen LogP contribution in [0.15, 0.2) is 18.2 Å². The van der Waals surface area contributed by atoms with Crippen LogP contribution in [0.3, 0.4) is 0 Å². The summed E-state index contributed by atoms with van der Waals surface area (Å²) in [7, 11) is 3.41. The minimum atomic E-state index is -0.468. The summed E-state index contributed by atoms with van der Waals surface area (Å²) < 4.78 is 10.6. The first-order chi connectivity index (χ1) is 11.4. The molecule has 0 spiro atoms. The van der Waals surface area contributed by atoms with Crippen LogP contribution in [-0.2, 0) is 16.0 Å². The van der Waals surface area contributed by atoms with Crippen LogP contribution in [-0.4, -0.2) is 43.6 Å². The van der Waals surface area contributed by atoms with Crippen LogP contribution in [0.2, 0.25) is 0 Å². The van der Waals surface area contributed by atoms with E-state index in [0.29, 0.717) is 30.9 Å². The van der Waals surface area contributed by atoms with Gasteiger partial charge >= 0.3 is 0 Å². The number of amides is 2. The first-order valence-electron chi connectivity index (χ1n) is 8.26. The third-order valence-corrected chi connectivity index (χ3v) is 3.86. The monoisotopic (exact) mass is 334 g/mol. The van der Waals surface area contributed by atoms with Crippen LogP contribution in [0.25, 0.3) is 0 Å². The average Bonchev–Trinajstić information content (AvgIpc) is 2.98. The molecule has 0 aromatic heterocycles. The lowest BCUT2D eigenvalue weighted by Gasteiger charge is -2.23. The predicted molar refractivity (Wildman–Crippen MR) is 91.0 cm³/mol. The van der Waals surface area contributed by atoms with Gasteiger partial charge in [-0.05, 0) is 36.5 Å². The molecule has 0 saturated heterocycles. The molecule has 0 unspecified atom stereocenters. The number of likely N-dealkylation sites (N-methyl/N-ethyl adjacent to an activating group) is 1. The Morgan fingerprint density at radius 3 is 2.58 bits per heavy atom. The number of carbonyl (C=O) groups excluding carboxylic acids is 2. The van der Waals surface area contributed by atoms with Gasteiger partial charge < -0.3 is 19.7 Å². The third-order valence-electron chi connectivity index (χ3n) is 3.86. The molecule has 0 bridgehead atoms. The summed E-state index contributed by atoms with van der Waals surface area (Å²) in [5, 5.41) is 2.87. The summed E-state index contributed by atoms with van der Waals surface area (Å²) >= 11 is 0. The lowest BCUT2D eigenvalue weighted by Crippen LogP contribution is -2.47. The average molecular weight is 334 g/mol. The van der Waals surface area contributed by atoms with Crippen molar-refractivity contribution in [3.63, 3.8) is 0 Å². The maximum atomic E-state index is 12.2. The fourth-order valence-electron chi connectivity index (χ4n) is 2.63. The molecule has 1 aliphatic rings. The maximum absolute atomic E-state index is 12.2. The van der Waals surface area contributed by atoms with Crippen LogP contribution >= 0.6 is 0 Å². The summed E-state index contributed by atoms with van der Waals surface area (Å²) in [5.74, 6) is 1.59. The predicted octanol–water partition coefficient (Wildman–Crippen LogP) is 1.97. The molecule has 1 atom stereocenters. The van der Waals surface area contributed by atoms with Gasteiger partial charge in [-0.3, -0.25) is 9.59 Å². The van der Waals surface area contributed by atoms with Gasteiger partial charge in [0, 0.05) is 20.5 Å². The molecule has 1 N–H and O–H groups in total. The van der Waals surface area contributed by atoms with Crippen LogP contribution in [0.5, 0.6) is 11.5 Å². The molecular formula is C18H26N2O4. The summed E-state index contributed by atoms with van der Waals surface area (Å²) in [6, 6.07) is 5.21. The van der Waals surface area contributed by atoms with Gasteiger partial charge in [-0.25, -0.2) is 0 Å². The molecule has 1 aliphatic heterocycles. The van der Waals surface area contributed by atoms with E-state index >= 15 is 0 Å². The molecule has 24 heavy (non-hydrogen) atoms. The molecule has 1 aromatic carbocycles. The maximum Gasteiger partial charge on any atom is 0.244 e. The van der Waals surface area contributed by atoms with Crippen molar-refractivity contribution in [3.05, 3.63) is 23.8 Å². The van der Waals surface area contributed by atoms with Crippen LogP contribution < -0.4 is 14.8 Å². The van der Waals surface area contributed by atoms with E-state index in [1.54, 1.807) is 14.1 Å². The summed E-state index contributed by atoms with van der Waals surface area (Å²) in [6.07, 6.45) is 1.55. The minimum Gasteiger partial charge on any atom is -0.454 e. The number of nitrogens with zero attached hydrogens (tertiary/aromatic N) is 1. The minimum absolute atomic E-state index is 0.0693. The Labute approximate surface area is 143 Å². The van der Waals surface area contributed by atoms with E-state index in [1.807, 2.05) is 32.0 Å². The number of nitrogens with one attached hydrogen (secondary N) is 1. The Hall–Kier alpha value is -2.24. The van der Waals surface area contributed by atoms with Gasteiger partial charge in [0.2, 0.25) is 18.6 Å². The molecule has 6 nitrogen and oxygen atoms in total. The normalized spacial score (nSPS) is 13.7. The molecule has 0 radical (unpaired) electrons. The first kappa shape index (κ1) is 18.1. The first-order valence-corrected chi connectivity index (χ1v) is 8.26. The summed E-state index contributed by atoms with van der Waals surface area (Å²) in [6.45, 7) is 4.31. The number of carbonyl (C=O) groups is 2. The van der Waals surface area contributed by atoms with E-state index in [-0.39, 0.29) is 18.6 Å². The van der Waals surface area contributed by atoms with E-state index < -0.39 is 6.04 Å². The van der Waals surface area contributed by atoms with E-state index in [1.165, 1.54) is 4.90 Å². The zero-order chi connectivity index (χ0) is 17.7. The third kappa shape index (κ3) is 4.88. The Kier molecular flexibility index (Phi) is 6.06. The van der Waals surface area contributed by atoms with E-state index in [0.717, 1.165) is 11.3 Å². The van der Waals surface area contributed by atoms with Gasteiger partial charge in [-0.1, -0.05) is 19.9 Å². The molecule has 6 heteroatoms. The largest absolute Gasteiger partial charge is 0.454 e. The fourth-order valence-corrected chi connectivity index (χ4v) is 2.63. The second-order valence-electron chi connectivity index (χ2n) is 6.67. The Bertz CT molecular complexity index is 599. The van der Waals surface area contributed by atoms with Crippen LogP contribution in [0.4, 0.5) is 0 Å². The summed E-state index contributed by atoms with van der Waals surface area (Å²) in [4.78, 5) is 25.9. The molecule has 1 aromatic rings. The van der Waals surface area contributed by atoms with E-state index in [4.69, 9.17) is 9.47 Å². The lowest BCUT2D eigenvalue weighted by molar-refractivity contribution is -0.134. The van der Waals surface area contributed by atoms with Gasteiger partial charge in [-0.15, -0.1) is 0 Å².